The zero-order chi connectivity index (χ0) is 11.7. The minimum Gasteiger partial charge on any atom is -0.355 e. The van der Waals surface area contributed by atoms with Crippen molar-refractivity contribution in [1.82, 2.24) is 10.6 Å². The highest BCUT2D eigenvalue weighted by Crippen LogP contribution is 2.01. The Hall–Kier alpha value is -0.570. The van der Waals surface area contributed by atoms with Gasteiger partial charge in [-0.1, -0.05) is 27.7 Å². The van der Waals surface area contributed by atoms with Crippen LogP contribution < -0.4 is 10.6 Å². The van der Waals surface area contributed by atoms with E-state index in [9.17, 15) is 4.79 Å². The Labute approximate surface area is 94.0 Å². The average Bonchev–Trinajstić information content (AvgIpc) is 2.13. The Bertz CT molecular complexity index is 167. The van der Waals surface area contributed by atoms with Crippen molar-refractivity contribution >= 4 is 5.91 Å². The highest BCUT2D eigenvalue weighted by atomic mass is 16.1. The van der Waals surface area contributed by atoms with Crippen molar-refractivity contribution in [3.8, 4) is 0 Å². The van der Waals surface area contributed by atoms with Crippen molar-refractivity contribution in [2.24, 2.45) is 11.8 Å². The van der Waals surface area contributed by atoms with Gasteiger partial charge in [-0.15, -0.1) is 0 Å². The molecule has 0 radical (unpaired) electrons. The first-order chi connectivity index (χ1) is 7.02. The maximum Gasteiger partial charge on any atom is 0.233 e. The number of amides is 1. The Kier molecular flexibility index (Phi) is 8.38. The summed E-state index contributed by atoms with van der Waals surface area (Å²) in [6, 6.07) is 0. The maximum absolute atomic E-state index is 11.3. The molecule has 15 heavy (non-hydrogen) atoms. The van der Waals surface area contributed by atoms with Gasteiger partial charge >= 0.3 is 0 Å². The van der Waals surface area contributed by atoms with Crippen molar-refractivity contribution < 1.29 is 4.79 Å². The lowest BCUT2D eigenvalue weighted by molar-refractivity contribution is -0.120. The Morgan fingerprint density at radius 1 is 1.13 bits per heavy atom. The summed E-state index contributed by atoms with van der Waals surface area (Å²) in [5, 5.41) is 6.03. The fourth-order valence-electron chi connectivity index (χ4n) is 1.22. The van der Waals surface area contributed by atoms with Gasteiger partial charge in [0, 0.05) is 6.54 Å². The van der Waals surface area contributed by atoms with Crippen molar-refractivity contribution in [2.45, 2.75) is 40.5 Å². The van der Waals surface area contributed by atoms with Crippen LogP contribution in [0, 0.1) is 11.8 Å². The molecule has 0 spiro atoms. The van der Waals surface area contributed by atoms with E-state index >= 15 is 0 Å². The lowest BCUT2D eigenvalue weighted by Gasteiger charge is -2.09. The maximum atomic E-state index is 11.3. The molecule has 0 aromatic heterocycles. The molecule has 0 saturated carbocycles. The van der Waals surface area contributed by atoms with Crippen LogP contribution in [0.25, 0.3) is 0 Å². The first-order valence-electron chi connectivity index (χ1n) is 5.99. The van der Waals surface area contributed by atoms with Gasteiger partial charge in [-0.25, -0.2) is 0 Å². The summed E-state index contributed by atoms with van der Waals surface area (Å²) in [4.78, 5) is 11.3. The van der Waals surface area contributed by atoms with Crippen LogP contribution in [-0.4, -0.2) is 25.5 Å². The van der Waals surface area contributed by atoms with Gasteiger partial charge in [0.05, 0.1) is 6.54 Å². The summed E-state index contributed by atoms with van der Waals surface area (Å²) in [7, 11) is 0. The molecule has 3 nitrogen and oxygen atoms in total. The molecule has 0 aliphatic rings. The molecule has 0 heterocycles. The minimum atomic E-state index is 0.105. The van der Waals surface area contributed by atoms with Gasteiger partial charge in [-0.2, -0.15) is 0 Å². The summed E-state index contributed by atoms with van der Waals surface area (Å²) >= 11 is 0. The molecule has 0 bridgehead atoms. The molecule has 0 saturated heterocycles. The molecule has 0 aromatic rings. The first kappa shape index (κ1) is 14.4. The Morgan fingerprint density at radius 3 is 2.33 bits per heavy atom. The molecular formula is C12H26N2O. The number of nitrogens with one attached hydrogen (secondary N) is 2. The molecule has 2 N–H and O–H groups in total. The number of carbonyl (C=O) groups excluding carboxylic acids is 1. The van der Waals surface area contributed by atoms with Crippen LogP contribution in [0.5, 0.6) is 0 Å². The lowest BCUT2D eigenvalue weighted by Crippen LogP contribution is -2.36. The van der Waals surface area contributed by atoms with Gasteiger partial charge < -0.3 is 10.6 Å². The zero-order valence-electron chi connectivity index (χ0n) is 10.6. The summed E-state index contributed by atoms with van der Waals surface area (Å²) < 4.78 is 0. The standard InChI is InChI=1S/C12H26N2O/c1-10(2)6-5-7-13-9-12(15)14-8-11(3)4/h10-11,13H,5-9H2,1-4H3,(H,14,15). The number of hydrogen-bond acceptors (Lipinski definition) is 2. The third kappa shape index (κ3) is 11.4. The summed E-state index contributed by atoms with van der Waals surface area (Å²) in [6.45, 7) is 10.8. The van der Waals surface area contributed by atoms with Crippen molar-refractivity contribution in [3.63, 3.8) is 0 Å². The van der Waals surface area contributed by atoms with E-state index in [2.05, 4.69) is 38.3 Å². The Balaban J connectivity index is 3.24. The highest BCUT2D eigenvalue weighted by molar-refractivity contribution is 5.77. The average molecular weight is 214 g/mol. The van der Waals surface area contributed by atoms with E-state index in [1.165, 1.54) is 6.42 Å². The lowest BCUT2D eigenvalue weighted by atomic mass is 10.1. The van der Waals surface area contributed by atoms with Crippen LogP contribution in [0.3, 0.4) is 0 Å². The third-order valence-electron chi connectivity index (χ3n) is 2.13. The van der Waals surface area contributed by atoms with Crippen LogP contribution in [0.2, 0.25) is 0 Å². The Morgan fingerprint density at radius 2 is 1.80 bits per heavy atom. The zero-order valence-corrected chi connectivity index (χ0v) is 10.6. The topological polar surface area (TPSA) is 41.1 Å². The van der Waals surface area contributed by atoms with Crippen molar-refractivity contribution in [3.05, 3.63) is 0 Å². The molecule has 1 amide bonds. The monoisotopic (exact) mass is 214 g/mol. The molecule has 90 valence electrons. The van der Waals surface area contributed by atoms with E-state index in [-0.39, 0.29) is 5.91 Å². The van der Waals surface area contributed by atoms with Crippen LogP contribution >= 0.6 is 0 Å². The van der Waals surface area contributed by atoms with E-state index in [1.807, 2.05) is 0 Å². The number of carbonyl (C=O) groups is 1. The number of hydrogen-bond donors (Lipinski definition) is 2. The van der Waals surface area contributed by atoms with Gasteiger partial charge in [0.15, 0.2) is 0 Å². The van der Waals surface area contributed by atoms with E-state index in [0.29, 0.717) is 12.5 Å². The fourth-order valence-corrected chi connectivity index (χ4v) is 1.22. The molecule has 0 aliphatic heterocycles. The van der Waals surface area contributed by atoms with Crippen LogP contribution in [0.15, 0.2) is 0 Å². The third-order valence-corrected chi connectivity index (χ3v) is 2.13. The van der Waals surface area contributed by atoms with Crippen molar-refractivity contribution in [2.75, 3.05) is 19.6 Å². The van der Waals surface area contributed by atoms with Gasteiger partial charge in [-0.3, -0.25) is 4.79 Å². The summed E-state index contributed by atoms with van der Waals surface area (Å²) in [5.41, 5.74) is 0. The molecule has 0 unspecified atom stereocenters. The first-order valence-corrected chi connectivity index (χ1v) is 5.99. The fraction of sp³-hybridized carbons (Fsp3) is 0.917. The normalized spacial score (nSPS) is 11.1. The van der Waals surface area contributed by atoms with Gasteiger partial charge in [0.1, 0.15) is 0 Å². The quantitative estimate of drug-likeness (QED) is 0.605. The molecule has 3 heteroatoms. The second-order valence-electron chi connectivity index (χ2n) is 4.91. The van der Waals surface area contributed by atoms with Gasteiger partial charge in [-0.05, 0) is 31.2 Å². The van der Waals surface area contributed by atoms with Crippen molar-refractivity contribution in [1.29, 1.82) is 0 Å². The molecule has 0 aliphatic carbocycles. The summed E-state index contributed by atoms with van der Waals surface area (Å²) in [5.74, 6) is 1.38. The van der Waals surface area contributed by atoms with Gasteiger partial charge in [0.25, 0.3) is 0 Å². The molecule has 0 atom stereocenters. The summed E-state index contributed by atoms with van der Waals surface area (Å²) in [6.07, 6.45) is 2.37. The predicted octanol–water partition coefficient (Wildman–Crippen LogP) is 1.78. The minimum absolute atomic E-state index is 0.105. The van der Waals surface area contributed by atoms with Gasteiger partial charge in [0.2, 0.25) is 5.91 Å². The van der Waals surface area contributed by atoms with E-state index < -0.39 is 0 Å². The highest BCUT2D eigenvalue weighted by Gasteiger charge is 2.01. The van der Waals surface area contributed by atoms with E-state index in [1.54, 1.807) is 0 Å². The smallest absolute Gasteiger partial charge is 0.233 e. The van der Waals surface area contributed by atoms with E-state index in [0.717, 1.165) is 25.4 Å². The van der Waals surface area contributed by atoms with Crippen LogP contribution in [0.4, 0.5) is 0 Å². The second-order valence-corrected chi connectivity index (χ2v) is 4.91. The number of rotatable bonds is 8. The predicted molar refractivity (Wildman–Crippen MR) is 64.8 cm³/mol. The SMILES string of the molecule is CC(C)CCCNCC(=O)NCC(C)C. The molecule has 0 aromatic carbocycles. The largest absolute Gasteiger partial charge is 0.355 e. The molecule has 0 fully saturated rings. The molecule has 0 rings (SSSR count). The van der Waals surface area contributed by atoms with E-state index in [4.69, 9.17) is 0 Å². The van der Waals surface area contributed by atoms with Crippen LogP contribution in [-0.2, 0) is 4.79 Å². The second kappa shape index (κ2) is 8.72. The van der Waals surface area contributed by atoms with Crippen LogP contribution in [0.1, 0.15) is 40.5 Å². The molecular weight excluding hydrogens is 188 g/mol.